The van der Waals surface area contributed by atoms with Gasteiger partial charge in [-0.2, -0.15) is 0 Å². The first kappa shape index (κ1) is 13.7. The number of halogens is 1. The van der Waals surface area contributed by atoms with E-state index in [9.17, 15) is 0 Å². The van der Waals surface area contributed by atoms with Gasteiger partial charge in [0.05, 0.1) is 7.11 Å². The zero-order valence-corrected chi connectivity index (χ0v) is 11.6. The molecular weight excluding hydrogens is 248 g/mol. The number of likely N-dealkylation sites (tertiary alicyclic amines) is 1. The SMILES string of the molecule is COc1ccc(Cl)cc1CCN1CCCC(N)C1. The summed E-state index contributed by atoms with van der Waals surface area (Å²) in [5.41, 5.74) is 7.16. The average molecular weight is 269 g/mol. The number of ether oxygens (including phenoxy) is 1. The Morgan fingerprint density at radius 1 is 1.50 bits per heavy atom. The van der Waals surface area contributed by atoms with Crippen LogP contribution in [0.2, 0.25) is 5.02 Å². The molecule has 1 atom stereocenters. The highest BCUT2D eigenvalue weighted by atomic mass is 35.5. The van der Waals surface area contributed by atoms with Crippen LogP contribution in [0.4, 0.5) is 0 Å². The summed E-state index contributed by atoms with van der Waals surface area (Å²) < 4.78 is 5.36. The molecule has 0 aliphatic carbocycles. The third-order valence-electron chi connectivity index (χ3n) is 3.48. The van der Waals surface area contributed by atoms with Crippen molar-refractivity contribution in [3.63, 3.8) is 0 Å². The molecule has 4 heteroatoms. The molecule has 1 fully saturated rings. The standard InChI is InChI=1S/C14H21ClN2O/c1-18-14-5-4-12(15)9-11(14)6-8-17-7-2-3-13(16)10-17/h4-5,9,13H,2-3,6-8,10,16H2,1H3. The van der Waals surface area contributed by atoms with Gasteiger partial charge in [-0.3, -0.25) is 0 Å². The summed E-state index contributed by atoms with van der Waals surface area (Å²) in [6.45, 7) is 3.17. The molecule has 2 N–H and O–H groups in total. The van der Waals surface area contributed by atoms with Gasteiger partial charge in [0.15, 0.2) is 0 Å². The topological polar surface area (TPSA) is 38.5 Å². The van der Waals surface area contributed by atoms with E-state index in [4.69, 9.17) is 22.1 Å². The van der Waals surface area contributed by atoms with E-state index in [1.165, 1.54) is 12.0 Å². The maximum atomic E-state index is 6.03. The van der Waals surface area contributed by atoms with E-state index in [0.717, 1.165) is 43.2 Å². The molecule has 1 aromatic rings. The lowest BCUT2D eigenvalue weighted by Crippen LogP contribution is -2.43. The van der Waals surface area contributed by atoms with E-state index in [2.05, 4.69) is 4.90 Å². The lowest BCUT2D eigenvalue weighted by Gasteiger charge is -2.30. The number of rotatable bonds is 4. The fourth-order valence-corrected chi connectivity index (χ4v) is 2.71. The van der Waals surface area contributed by atoms with E-state index in [1.54, 1.807) is 7.11 Å². The van der Waals surface area contributed by atoms with Gasteiger partial charge in [-0.25, -0.2) is 0 Å². The molecule has 3 nitrogen and oxygen atoms in total. The Bertz CT molecular complexity index is 397. The van der Waals surface area contributed by atoms with E-state index in [0.29, 0.717) is 6.04 Å². The Hall–Kier alpha value is -0.770. The zero-order valence-electron chi connectivity index (χ0n) is 10.9. The van der Waals surface area contributed by atoms with Crippen molar-refractivity contribution in [3.05, 3.63) is 28.8 Å². The van der Waals surface area contributed by atoms with Crippen LogP contribution in [0.5, 0.6) is 5.75 Å². The Kier molecular flexibility index (Phi) is 4.87. The van der Waals surface area contributed by atoms with Gasteiger partial charge in [-0.05, 0) is 49.6 Å². The molecular formula is C14H21ClN2O. The van der Waals surface area contributed by atoms with Crippen LogP contribution < -0.4 is 10.5 Å². The molecule has 1 heterocycles. The third-order valence-corrected chi connectivity index (χ3v) is 3.72. The molecule has 18 heavy (non-hydrogen) atoms. The minimum absolute atomic E-state index is 0.333. The maximum absolute atomic E-state index is 6.03. The van der Waals surface area contributed by atoms with Crippen LogP contribution in [-0.2, 0) is 6.42 Å². The number of piperidine rings is 1. The molecule has 0 bridgehead atoms. The van der Waals surface area contributed by atoms with Crippen LogP contribution >= 0.6 is 11.6 Å². The van der Waals surface area contributed by atoms with Crippen molar-refractivity contribution in [3.8, 4) is 5.75 Å². The smallest absolute Gasteiger partial charge is 0.122 e. The number of hydrogen-bond acceptors (Lipinski definition) is 3. The number of hydrogen-bond donors (Lipinski definition) is 1. The summed E-state index contributed by atoms with van der Waals surface area (Å²) >= 11 is 6.03. The molecule has 1 unspecified atom stereocenters. The van der Waals surface area contributed by atoms with Gasteiger partial charge in [0, 0.05) is 24.2 Å². The van der Waals surface area contributed by atoms with Crippen LogP contribution in [0.3, 0.4) is 0 Å². The maximum Gasteiger partial charge on any atom is 0.122 e. The molecule has 0 amide bonds. The van der Waals surface area contributed by atoms with E-state index >= 15 is 0 Å². The van der Waals surface area contributed by atoms with Crippen LogP contribution in [0, 0.1) is 0 Å². The van der Waals surface area contributed by atoms with Gasteiger partial charge in [0.2, 0.25) is 0 Å². The Morgan fingerprint density at radius 2 is 2.33 bits per heavy atom. The second-order valence-corrected chi connectivity index (χ2v) is 5.35. The van der Waals surface area contributed by atoms with Crippen LogP contribution in [-0.4, -0.2) is 37.7 Å². The van der Waals surface area contributed by atoms with Gasteiger partial charge < -0.3 is 15.4 Å². The average Bonchev–Trinajstić information content (AvgIpc) is 2.37. The molecule has 2 rings (SSSR count). The Morgan fingerprint density at radius 3 is 3.06 bits per heavy atom. The van der Waals surface area contributed by atoms with Gasteiger partial charge >= 0.3 is 0 Å². The van der Waals surface area contributed by atoms with Crippen LogP contribution in [0.25, 0.3) is 0 Å². The lowest BCUT2D eigenvalue weighted by molar-refractivity contribution is 0.211. The summed E-state index contributed by atoms with van der Waals surface area (Å²) in [5.74, 6) is 0.917. The highest BCUT2D eigenvalue weighted by Crippen LogP contribution is 2.23. The van der Waals surface area contributed by atoms with Crippen molar-refractivity contribution in [2.45, 2.75) is 25.3 Å². The van der Waals surface area contributed by atoms with Crippen LogP contribution in [0.15, 0.2) is 18.2 Å². The van der Waals surface area contributed by atoms with E-state index < -0.39 is 0 Å². The third kappa shape index (κ3) is 3.61. The highest BCUT2D eigenvalue weighted by molar-refractivity contribution is 6.30. The van der Waals surface area contributed by atoms with Gasteiger partial charge in [0.1, 0.15) is 5.75 Å². The number of nitrogens with zero attached hydrogens (tertiary/aromatic N) is 1. The molecule has 0 radical (unpaired) electrons. The van der Waals surface area contributed by atoms with Gasteiger partial charge in [0.25, 0.3) is 0 Å². The van der Waals surface area contributed by atoms with Gasteiger partial charge in [-0.1, -0.05) is 11.6 Å². The van der Waals surface area contributed by atoms with Crippen molar-refractivity contribution in [1.82, 2.24) is 4.90 Å². The molecule has 1 aliphatic heterocycles. The van der Waals surface area contributed by atoms with E-state index in [1.807, 2.05) is 18.2 Å². The monoisotopic (exact) mass is 268 g/mol. The van der Waals surface area contributed by atoms with Crippen molar-refractivity contribution >= 4 is 11.6 Å². The predicted octanol–water partition coefficient (Wildman–Crippen LogP) is 2.31. The van der Waals surface area contributed by atoms with Crippen molar-refractivity contribution in [2.24, 2.45) is 5.73 Å². The Balaban J connectivity index is 1.94. The molecule has 0 aromatic heterocycles. The number of benzene rings is 1. The van der Waals surface area contributed by atoms with E-state index in [-0.39, 0.29) is 0 Å². The molecule has 1 saturated heterocycles. The molecule has 1 aliphatic rings. The largest absolute Gasteiger partial charge is 0.496 e. The first-order chi connectivity index (χ1) is 8.69. The minimum Gasteiger partial charge on any atom is -0.496 e. The predicted molar refractivity (Wildman–Crippen MR) is 75.4 cm³/mol. The minimum atomic E-state index is 0.333. The second-order valence-electron chi connectivity index (χ2n) is 4.91. The van der Waals surface area contributed by atoms with Gasteiger partial charge in [-0.15, -0.1) is 0 Å². The zero-order chi connectivity index (χ0) is 13.0. The molecule has 0 saturated carbocycles. The summed E-state index contributed by atoms with van der Waals surface area (Å²) in [4.78, 5) is 2.43. The lowest BCUT2D eigenvalue weighted by atomic mass is 10.1. The Labute approximate surface area is 114 Å². The fraction of sp³-hybridized carbons (Fsp3) is 0.571. The second kappa shape index (κ2) is 6.41. The van der Waals surface area contributed by atoms with Crippen molar-refractivity contribution in [2.75, 3.05) is 26.7 Å². The molecule has 100 valence electrons. The quantitative estimate of drug-likeness (QED) is 0.911. The number of nitrogens with two attached hydrogens (primary N) is 1. The highest BCUT2D eigenvalue weighted by Gasteiger charge is 2.16. The summed E-state index contributed by atoms with van der Waals surface area (Å²) in [6.07, 6.45) is 3.31. The summed E-state index contributed by atoms with van der Waals surface area (Å²) in [5, 5.41) is 0.765. The van der Waals surface area contributed by atoms with Crippen molar-refractivity contribution in [1.29, 1.82) is 0 Å². The first-order valence-corrected chi connectivity index (χ1v) is 6.87. The summed E-state index contributed by atoms with van der Waals surface area (Å²) in [6, 6.07) is 6.12. The first-order valence-electron chi connectivity index (χ1n) is 6.49. The van der Waals surface area contributed by atoms with Crippen molar-refractivity contribution < 1.29 is 4.74 Å². The summed E-state index contributed by atoms with van der Waals surface area (Å²) in [7, 11) is 1.70. The fourth-order valence-electron chi connectivity index (χ4n) is 2.52. The normalized spacial score (nSPS) is 20.9. The van der Waals surface area contributed by atoms with Crippen LogP contribution in [0.1, 0.15) is 18.4 Å². The molecule has 1 aromatic carbocycles. The molecule has 0 spiro atoms. The number of methoxy groups -OCH3 is 1.